The van der Waals surface area contributed by atoms with Gasteiger partial charge in [-0.25, -0.2) is 9.97 Å². The lowest BCUT2D eigenvalue weighted by Crippen LogP contribution is -2.34. The fourth-order valence-corrected chi connectivity index (χ4v) is 2.95. The van der Waals surface area contributed by atoms with E-state index >= 15 is 0 Å². The SMILES string of the molecule is c1ccc(C(CNCc2ccncn2)N2CCCC2)cc1. The predicted molar refractivity (Wildman–Crippen MR) is 83.7 cm³/mol. The molecule has 3 rings (SSSR count). The van der Waals surface area contributed by atoms with Gasteiger partial charge in [0.25, 0.3) is 0 Å². The molecule has 2 aromatic rings. The molecule has 1 aromatic heterocycles. The molecule has 0 spiro atoms. The lowest BCUT2D eigenvalue weighted by atomic mass is 10.1. The number of hydrogen-bond acceptors (Lipinski definition) is 4. The first-order valence-electron chi connectivity index (χ1n) is 7.68. The van der Waals surface area contributed by atoms with Crippen LogP contribution in [0.4, 0.5) is 0 Å². The Morgan fingerprint density at radius 1 is 1.10 bits per heavy atom. The van der Waals surface area contributed by atoms with Crippen molar-refractivity contribution in [2.45, 2.75) is 25.4 Å². The minimum Gasteiger partial charge on any atom is -0.309 e. The van der Waals surface area contributed by atoms with E-state index in [-0.39, 0.29) is 0 Å². The third-order valence-corrected chi connectivity index (χ3v) is 4.05. The lowest BCUT2D eigenvalue weighted by Gasteiger charge is -2.28. The van der Waals surface area contributed by atoms with Crippen LogP contribution in [0.2, 0.25) is 0 Å². The molecule has 1 atom stereocenters. The maximum atomic E-state index is 4.26. The van der Waals surface area contributed by atoms with Gasteiger partial charge in [-0.2, -0.15) is 0 Å². The van der Waals surface area contributed by atoms with Crippen molar-refractivity contribution < 1.29 is 0 Å². The van der Waals surface area contributed by atoms with Gasteiger partial charge >= 0.3 is 0 Å². The fraction of sp³-hybridized carbons (Fsp3) is 0.412. The van der Waals surface area contributed by atoms with E-state index in [1.807, 2.05) is 6.07 Å². The van der Waals surface area contributed by atoms with E-state index < -0.39 is 0 Å². The molecule has 0 bridgehead atoms. The van der Waals surface area contributed by atoms with Gasteiger partial charge in [0, 0.05) is 25.3 Å². The molecule has 1 aliphatic heterocycles. The number of nitrogens with zero attached hydrogens (tertiary/aromatic N) is 3. The van der Waals surface area contributed by atoms with Crippen LogP contribution in [0.1, 0.15) is 30.1 Å². The first-order valence-corrected chi connectivity index (χ1v) is 7.68. The number of likely N-dealkylation sites (tertiary alicyclic amines) is 1. The molecule has 0 saturated carbocycles. The van der Waals surface area contributed by atoms with Crippen molar-refractivity contribution in [1.82, 2.24) is 20.2 Å². The summed E-state index contributed by atoms with van der Waals surface area (Å²) in [5.74, 6) is 0. The molecule has 1 N–H and O–H groups in total. The molecular weight excluding hydrogens is 260 g/mol. The van der Waals surface area contributed by atoms with Gasteiger partial charge in [-0.3, -0.25) is 4.90 Å². The minimum absolute atomic E-state index is 0.454. The summed E-state index contributed by atoms with van der Waals surface area (Å²) >= 11 is 0. The summed E-state index contributed by atoms with van der Waals surface area (Å²) in [6, 6.07) is 13.2. The largest absolute Gasteiger partial charge is 0.309 e. The Bertz CT molecular complexity index is 523. The van der Waals surface area contributed by atoms with Gasteiger partial charge in [-0.15, -0.1) is 0 Å². The highest BCUT2D eigenvalue weighted by molar-refractivity contribution is 5.19. The van der Waals surface area contributed by atoms with Crippen LogP contribution in [-0.4, -0.2) is 34.5 Å². The second-order valence-corrected chi connectivity index (χ2v) is 5.50. The van der Waals surface area contributed by atoms with Crippen LogP contribution >= 0.6 is 0 Å². The highest BCUT2D eigenvalue weighted by Gasteiger charge is 2.22. The number of hydrogen-bond donors (Lipinski definition) is 1. The van der Waals surface area contributed by atoms with Crippen LogP contribution < -0.4 is 5.32 Å². The Hall–Kier alpha value is -1.78. The van der Waals surface area contributed by atoms with Crippen molar-refractivity contribution in [3.63, 3.8) is 0 Å². The zero-order valence-corrected chi connectivity index (χ0v) is 12.3. The van der Waals surface area contributed by atoms with Gasteiger partial charge in [0.05, 0.1) is 5.69 Å². The minimum atomic E-state index is 0.454. The molecule has 21 heavy (non-hydrogen) atoms. The standard InChI is InChI=1S/C17H22N4/c1-2-6-15(7-3-1)17(21-10-4-5-11-21)13-19-12-16-8-9-18-14-20-16/h1-3,6-9,14,17,19H,4-5,10-13H2. The molecule has 4 heteroatoms. The van der Waals surface area contributed by atoms with Gasteiger partial charge in [-0.1, -0.05) is 30.3 Å². The predicted octanol–water partition coefficient (Wildman–Crippen LogP) is 2.40. The molecule has 1 fully saturated rings. The first-order chi connectivity index (χ1) is 10.4. The Labute approximate surface area is 126 Å². The van der Waals surface area contributed by atoms with Crippen LogP contribution in [0.15, 0.2) is 48.9 Å². The summed E-state index contributed by atoms with van der Waals surface area (Å²) in [5.41, 5.74) is 2.44. The molecule has 2 heterocycles. The molecule has 110 valence electrons. The van der Waals surface area contributed by atoms with E-state index in [9.17, 15) is 0 Å². The Kier molecular flexibility index (Phi) is 4.92. The van der Waals surface area contributed by atoms with Crippen molar-refractivity contribution in [2.24, 2.45) is 0 Å². The number of rotatable bonds is 6. The molecule has 4 nitrogen and oxygen atoms in total. The van der Waals surface area contributed by atoms with Gasteiger partial charge in [-0.05, 0) is 37.6 Å². The van der Waals surface area contributed by atoms with Crippen molar-refractivity contribution in [1.29, 1.82) is 0 Å². The van der Waals surface area contributed by atoms with Gasteiger partial charge in [0.15, 0.2) is 0 Å². The molecule has 0 amide bonds. The van der Waals surface area contributed by atoms with Crippen LogP contribution in [0.25, 0.3) is 0 Å². The van der Waals surface area contributed by atoms with Crippen molar-refractivity contribution in [2.75, 3.05) is 19.6 Å². The van der Waals surface area contributed by atoms with E-state index in [1.165, 1.54) is 31.5 Å². The number of benzene rings is 1. The van der Waals surface area contributed by atoms with Crippen LogP contribution in [-0.2, 0) is 6.54 Å². The van der Waals surface area contributed by atoms with Gasteiger partial charge in [0.2, 0.25) is 0 Å². The van der Waals surface area contributed by atoms with Gasteiger partial charge in [0.1, 0.15) is 6.33 Å². The van der Waals surface area contributed by atoms with Crippen molar-refractivity contribution >= 4 is 0 Å². The van der Waals surface area contributed by atoms with E-state index in [4.69, 9.17) is 0 Å². The van der Waals surface area contributed by atoms with E-state index in [0.717, 1.165) is 18.8 Å². The molecule has 0 aliphatic carbocycles. The Morgan fingerprint density at radius 2 is 1.90 bits per heavy atom. The maximum absolute atomic E-state index is 4.26. The molecule has 1 saturated heterocycles. The number of nitrogens with one attached hydrogen (secondary N) is 1. The first kappa shape index (κ1) is 14.2. The molecule has 1 unspecified atom stereocenters. The third-order valence-electron chi connectivity index (χ3n) is 4.05. The van der Waals surface area contributed by atoms with Crippen LogP contribution in [0, 0.1) is 0 Å². The summed E-state index contributed by atoms with van der Waals surface area (Å²) in [6.45, 7) is 4.15. The Morgan fingerprint density at radius 3 is 2.62 bits per heavy atom. The quantitative estimate of drug-likeness (QED) is 0.883. The van der Waals surface area contributed by atoms with E-state index in [2.05, 4.69) is 50.5 Å². The lowest BCUT2D eigenvalue weighted by molar-refractivity contribution is 0.238. The second kappa shape index (κ2) is 7.29. The number of aromatic nitrogens is 2. The third kappa shape index (κ3) is 3.86. The van der Waals surface area contributed by atoms with Crippen LogP contribution in [0.5, 0.6) is 0 Å². The summed E-state index contributed by atoms with van der Waals surface area (Å²) in [6.07, 6.45) is 6.02. The molecule has 1 aliphatic rings. The summed E-state index contributed by atoms with van der Waals surface area (Å²) in [7, 11) is 0. The average Bonchev–Trinajstić information content (AvgIpc) is 3.07. The smallest absolute Gasteiger partial charge is 0.115 e. The topological polar surface area (TPSA) is 41.1 Å². The highest BCUT2D eigenvalue weighted by atomic mass is 15.2. The summed E-state index contributed by atoms with van der Waals surface area (Å²) < 4.78 is 0. The van der Waals surface area contributed by atoms with Crippen molar-refractivity contribution in [3.05, 3.63) is 60.2 Å². The fourth-order valence-electron chi connectivity index (χ4n) is 2.95. The van der Waals surface area contributed by atoms with E-state index in [0.29, 0.717) is 6.04 Å². The average molecular weight is 282 g/mol. The molecular formula is C17H22N4. The molecule has 0 radical (unpaired) electrons. The van der Waals surface area contributed by atoms with Crippen LogP contribution in [0.3, 0.4) is 0 Å². The van der Waals surface area contributed by atoms with Gasteiger partial charge < -0.3 is 5.32 Å². The van der Waals surface area contributed by atoms with Crippen molar-refractivity contribution in [3.8, 4) is 0 Å². The summed E-state index contributed by atoms with van der Waals surface area (Å²) in [5, 5.41) is 3.55. The maximum Gasteiger partial charge on any atom is 0.115 e. The zero-order chi connectivity index (χ0) is 14.3. The Balaban J connectivity index is 1.62. The summed E-state index contributed by atoms with van der Waals surface area (Å²) in [4.78, 5) is 10.8. The normalized spacial score (nSPS) is 17.0. The monoisotopic (exact) mass is 282 g/mol. The zero-order valence-electron chi connectivity index (χ0n) is 12.3. The highest BCUT2D eigenvalue weighted by Crippen LogP contribution is 2.24. The molecule has 1 aromatic carbocycles. The second-order valence-electron chi connectivity index (χ2n) is 5.50. The van der Waals surface area contributed by atoms with E-state index in [1.54, 1.807) is 12.5 Å².